The molecule has 0 spiro atoms. The molecule has 1 N–H and O–H groups in total. The number of hydrogen-bond donors (Lipinski definition) is 1. The van der Waals surface area contributed by atoms with Crippen molar-refractivity contribution in [2.75, 3.05) is 26.7 Å². The maximum Gasteiger partial charge on any atom is 0.421 e. The Labute approximate surface area is 149 Å². The van der Waals surface area contributed by atoms with Gasteiger partial charge in [0.15, 0.2) is 0 Å². The SMILES string of the molecule is CN1CC[C@H](NC(=O)C(C)(C)COc2ncccc2C(F)(F)F)[C@@H](F)C1. The predicted octanol–water partition coefficient (Wildman–Crippen LogP) is 2.66. The Balaban J connectivity index is 1.99. The number of carbonyl (C=O) groups is 1. The van der Waals surface area contributed by atoms with E-state index in [0.29, 0.717) is 13.0 Å². The van der Waals surface area contributed by atoms with Crippen molar-refractivity contribution in [3.63, 3.8) is 0 Å². The first-order valence-corrected chi connectivity index (χ1v) is 8.29. The molecular weight excluding hydrogens is 354 g/mol. The van der Waals surface area contributed by atoms with Gasteiger partial charge in [-0.25, -0.2) is 9.37 Å². The Morgan fingerprint density at radius 1 is 1.42 bits per heavy atom. The van der Waals surface area contributed by atoms with Crippen LogP contribution < -0.4 is 10.1 Å². The quantitative estimate of drug-likeness (QED) is 0.802. The zero-order chi connectivity index (χ0) is 19.5. The van der Waals surface area contributed by atoms with Gasteiger partial charge in [0.05, 0.1) is 11.5 Å². The van der Waals surface area contributed by atoms with E-state index in [0.717, 1.165) is 12.1 Å². The summed E-state index contributed by atoms with van der Waals surface area (Å²) in [4.78, 5) is 17.9. The molecule has 1 aliphatic heterocycles. The Hall–Kier alpha value is -1.90. The molecule has 2 heterocycles. The Bertz CT molecular complexity index is 637. The van der Waals surface area contributed by atoms with Crippen molar-refractivity contribution in [2.24, 2.45) is 5.41 Å². The van der Waals surface area contributed by atoms with Gasteiger partial charge < -0.3 is 15.0 Å². The summed E-state index contributed by atoms with van der Waals surface area (Å²) in [6.07, 6.45) is -4.14. The number of rotatable bonds is 5. The molecule has 1 aromatic rings. The lowest BCUT2D eigenvalue weighted by Gasteiger charge is -2.34. The topological polar surface area (TPSA) is 54.5 Å². The van der Waals surface area contributed by atoms with E-state index in [4.69, 9.17) is 4.74 Å². The van der Waals surface area contributed by atoms with Crippen LogP contribution >= 0.6 is 0 Å². The van der Waals surface area contributed by atoms with Gasteiger partial charge in [-0.1, -0.05) is 0 Å². The van der Waals surface area contributed by atoms with Gasteiger partial charge in [-0.3, -0.25) is 4.79 Å². The first-order chi connectivity index (χ1) is 12.0. The van der Waals surface area contributed by atoms with E-state index in [1.807, 2.05) is 4.90 Å². The lowest BCUT2D eigenvalue weighted by molar-refractivity contribution is -0.139. The van der Waals surface area contributed by atoms with E-state index >= 15 is 0 Å². The normalized spacial score (nSPS) is 22.1. The minimum atomic E-state index is -4.61. The van der Waals surface area contributed by atoms with Crippen LogP contribution in [0.2, 0.25) is 0 Å². The van der Waals surface area contributed by atoms with Crippen molar-refractivity contribution < 1.29 is 27.1 Å². The highest BCUT2D eigenvalue weighted by molar-refractivity contribution is 5.82. The number of alkyl halides is 4. The molecule has 2 rings (SSSR count). The van der Waals surface area contributed by atoms with Gasteiger partial charge in [-0.15, -0.1) is 0 Å². The lowest BCUT2D eigenvalue weighted by Crippen LogP contribution is -2.54. The number of carbonyl (C=O) groups excluding carboxylic acids is 1. The van der Waals surface area contributed by atoms with E-state index in [9.17, 15) is 22.4 Å². The van der Waals surface area contributed by atoms with Crippen LogP contribution in [0.1, 0.15) is 25.8 Å². The highest BCUT2D eigenvalue weighted by atomic mass is 19.4. The summed E-state index contributed by atoms with van der Waals surface area (Å²) in [5, 5.41) is 2.65. The molecule has 5 nitrogen and oxygen atoms in total. The Morgan fingerprint density at radius 3 is 2.73 bits per heavy atom. The van der Waals surface area contributed by atoms with Crippen molar-refractivity contribution in [3.05, 3.63) is 23.9 Å². The summed E-state index contributed by atoms with van der Waals surface area (Å²) in [6, 6.07) is 1.41. The number of aromatic nitrogens is 1. The van der Waals surface area contributed by atoms with Crippen LogP contribution in [0.25, 0.3) is 0 Å². The molecule has 0 radical (unpaired) electrons. The molecule has 1 fully saturated rings. The number of hydrogen-bond acceptors (Lipinski definition) is 4. The van der Waals surface area contributed by atoms with Crippen LogP contribution in [0.4, 0.5) is 17.6 Å². The number of amides is 1. The Kier molecular flexibility index (Phi) is 6.10. The number of halogens is 4. The number of piperidine rings is 1. The minimum Gasteiger partial charge on any atom is -0.476 e. The highest BCUT2D eigenvalue weighted by Gasteiger charge is 2.38. The third kappa shape index (κ3) is 5.06. The van der Waals surface area contributed by atoms with Gasteiger partial charge in [0.25, 0.3) is 0 Å². The molecule has 1 aliphatic rings. The van der Waals surface area contributed by atoms with Crippen molar-refractivity contribution in [1.29, 1.82) is 0 Å². The summed E-state index contributed by atoms with van der Waals surface area (Å²) in [6.45, 7) is 3.62. The second-order valence-electron chi connectivity index (χ2n) is 7.17. The predicted molar refractivity (Wildman–Crippen MR) is 87.5 cm³/mol. The Morgan fingerprint density at radius 2 is 2.12 bits per heavy atom. The van der Waals surface area contributed by atoms with Gasteiger partial charge >= 0.3 is 6.18 Å². The molecule has 9 heteroatoms. The zero-order valence-corrected chi connectivity index (χ0v) is 14.9. The fraction of sp³-hybridized carbons (Fsp3) is 0.647. The molecule has 0 saturated carbocycles. The summed E-state index contributed by atoms with van der Waals surface area (Å²) >= 11 is 0. The monoisotopic (exact) mass is 377 g/mol. The average Bonchev–Trinajstić information content (AvgIpc) is 2.55. The van der Waals surface area contributed by atoms with E-state index in [1.54, 1.807) is 7.05 Å². The molecule has 0 aromatic carbocycles. The zero-order valence-electron chi connectivity index (χ0n) is 14.9. The van der Waals surface area contributed by atoms with Gasteiger partial charge in [0.2, 0.25) is 11.8 Å². The van der Waals surface area contributed by atoms with Gasteiger partial charge in [-0.2, -0.15) is 13.2 Å². The number of pyridine rings is 1. The maximum absolute atomic E-state index is 14.1. The largest absolute Gasteiger partial charge is 0.476 e. The number of ether oxygens (including phenoxy) is 1. The smallest absolute Gasteiger partial charge is 0.421 e. The van der Waals surface area contributed by atoms with E-state index in [1.165, 1.54) is 20.0 Å². The molecule has 0 aliphatic carbocycles. The second-order valence-corrected chi connectivity index (χ2v) is 7.17. The van der Waals surface area contributed by atoms with Crippen LogP contribution in [0, 0.1) is 5.41 Å². The first-order valence-electron chi connectivity index (χ1n) is 8.29. The molecule has 146 valence electrons. The molecular formula is C17H23F4N3O2. The highest BCUT2D eigenvalue weighted by Crippen LogP contribution is 2.35. The number of nitrogens with zero attached hydrogens (tertiary/aromatic N) is 2. The molecule has 2 atom stereocenters. The van der Waals surface area contributed by atoms with Gasteiger partial charge in [0, 0.05) is 19.3 Å². The molecule has 1 saturated heterocycles. The van der Waals surface area contributed by atoms with Crippen LogP contribution in [0.5, 0.6) is 5.88 Å². The summed E-state index contributed by atoms with van der Waals surface area (Å²) < 4.78 is 58.1. The van der Waals surface area contributed by atoms with Crippen molar-refractivity contribution in [3.8, 4) is 5.88 Å². The standard InChI is InChI=1S/C17H23F4N3O2/c1-16(2,15(25)23-13-6-8-24(3)9-12(13)18)10-26-14-11(17(19,20)21)5-4-7-22-14/h4-5,7,12-13H,6,8-10H2,1-3H3,(H,23,25)/t12-,13-/m0/s1. The third-order valence-corrected chi connectivity index (χ3v) is 4.32. The van der Waals surface area contributed by atoms with E-state index < -0.39 is 41.2 Å². The summed E-state index contributed by atoms with van der Waals surface area (Å²) in [7, 11) is 1.80. The molecule has 1 aromatic heterocycles. The van der Waals surface area contributed by atoms with Crippen molar-refractivity contribution in [1.82, 2.24) is 15.2 Å². The van der Waals surface area contributed by atoms with Gasteiger partial charge in [-0.05, 0) is 39.4 Å². The summed E-state index contributed by atoms with van der Waals surface area (Å²) in [5.74, 6) is -1.05. The number of likely N-dealkylation sites (tertiary alicyclic amines) is 1. The fourth-order valence-corrected chi connectivity index (χ4v) is 2.62. The van der Waals surface area contributed by atoms with Crippen molar-refractivity contribution >= 4 is 5.91 Å². The van der Waals surface area contributed by atoms with E-state index in [2.05, 4.69) is 10.3 Å². The summed E-state index contributed by atoms with van der Waals surface area (Å²) in [5.41, 5.74) is -2.15. The van der Waals surface area contributed by atoms with Crippen LogP contribution in [-0.4, -0.2) is 54.7 Å². The molecule has 0 bridgehead atoms. The number of nitrogens with one attached hydrogen (secondary N) is 1. The molecule has 0 unspecified atom stereocenters. The van der Waals surface area contributed by atoms with Gasteiger partial charge in [0.1, 0.15) is 18.3 Å². The fourth-order valence-electron chi connectivity index (χ4n) is 2.62. The molecule has 1 amide bonds. The van der Waals surface area contributed by atoms with E-state index in [-0.39, 0.29) is 13.2 Å². The van der Waals surface area contributed by atoms with Crippen LogP contribution in [-0.2, 0) is 11.0 Å². The third-order valence-electron chi connectivity index (χ3n) is 4.32. The van der Waals surface area contributed by atoms with Crippen LogP contribution in [0.15, 0.2) is 18.3 Å². The minimum absolute atomic E-state index is 0.227. The second kappa shape index (κ2) is 7.77. The van der Waals surface area contributed by atoms with Crippen LogP contribution in [0.3, 0.4) is 0 Å². The first kappa shape index (κ1) is 20.4. The lowest BCUT2D eigenvalue weighted by atomic mass is 9.92. The average molecular weight is 377 g/mol. The maximum atomic E-state index is 14.1. The molecule has 26 heavy (non-hydrogen) atoms. The van der Waals surface area contributed by atoms with Crippen molar-refractivity contribution in [2.45, 2.75) is 38.7 Å².